The van der Waals surface area contributed by atoms with Crippen LogP contribution in [-0.2, 0) is 14.3 Å². The molecule has 2 aromatic rings. The van der Waals surface area contributed by atoms with Gasteiger partial charge in [-0.2, -0.15) is 0 Å². The third kappa shape index (κ3) is 2.99. The molecule has 0 bridgehead atoms. The molecule has 2 N–H and O–H groups in total. The summed E-state index contributed by atoms with van der Waals surface area (Å²) in [6, 6.07) is 7.07. The summed E-state index contributed by atoms with van der Waals surface area (Å²) in [6.45, 7) is 0. The summed E-state index contributed by atoms with van der Waals surface area (Å²) in [4.78, 5) is 26.7. The Balaban J connectivity index is 1.61. The molecule has 2 heterocycles. The molecule has 22 heavy (non-hydrogen) atoms. The van der Waals surface area contributed by atoms with E-state index in [1.54, 1.807) is 30.5 Å². The van der Waals surface area contributed by atoms with Gasteiger partial charge in [0.25, 0.3) is 5.91 Å². The zero-order valence-corrected chi connectivity index (χ0v) is 11.6. The van der Waals surface area contributed by atoms with E-state index in [4.69, 9.17) is 14.3 Å². The second kappa shape index (κ2) is 5.98. The quantitative estimate of drug-likeness (QED) is 0.894. The minimum Gasteiger partial charge on any atom is -0.479 e. The highest BCUT2D eigenvalue weighted by molar-refractivity contribution is 5.95. The molecule has 1 aliphatic rings. The number of nitrogens with zero attached hydrogens (tertiary/aromatic N) is 1. The zero-order chi connectivity index (χ0) is 15.5. The highest BCUT2D eigenvalue weighted by Crippen LogP contribution is 2.23. The molecule has 0 unspecified atom stereocenters. The molecule has 0 spiro atoms. The number of rotatable bonds is 4. The molecule has 114 valence electrons. The fourth-order valence-electron chi connectivity index (χ4n) is 2.31. The molecule has 0 aliphatic carbocycles. The molecule has 7 heteroatoms. The SMILES string of the molecule is O=C(Nc1ccc(-c2cnco2)cc1)[C@@H]1CC[C@H](C(=O)O)O1. The van der Waals surface area contributed by atoms with Gasteiger partial charge in [-0.05, 0) is 37.1 Å². The van der Waals surface area contributed by atoms with E-state index in [1.165, 1.54) is 6.39 Å². The predicted octanol–water partition coefficient (Wildman–Crippen LogP) is 1.91. The van der Waals surface area contributed by atoms with Crippen LogP contribution in [0.2, 0.25) is 0 Å². The molecule has 1 saturated heterocycles. The van der Waals surface area contributed by atoms with Crippen LogP contribution in [0.3, 0.4) is 0 Å². The largest absolute Gasteiger partial charge is 0.479 e. The number of carboxylic acid groups (broad SMARTS) is 1. The fraction of sp³-hybridized carbons (Fsp3) is 0.267. The first-order valence-electron chi connectivity index (χ1n) is 6.81. The fourth-order valence-corrected chi connectivity index (χ4v) is 2.31. The summed E-state index contributed by atoms with van der Waals surface area (Å²) in [5, 5.41) is 11.6. The Morgan fingerprint density at radius 2 is 1.91 bits per heavy atom. The summed E-state index contributed by atoms with van der Waals surface area (Å²) in [5.41, 5.74) is 1.45. The van der Waals surface area contributed by atoms with Crippen LogP contribution < -0.4 is 5.32 Å². The maximum absolute atomic E-state index is 12.0. The van der Waals surface area contributed by atoms with Gasteiger partial charge >= 0.3 is 5.97 Å². The number of ether oxygens (including phenoxy) is 1. The number of aromatic nitrogens is 1. The molecule has 7 nitrogen and oxygen atoms in total. The van der Waals surface area contributed by atoms with Crippen molar-refractivity contribution in [3.63, 3.8) is 0 Å². The average Bonchev–Trinajstić information content (AvgIpc) is 3.20. The maximum Gasteiger partial charge on any atom is 0.332 e. The molecule has 0 radical (unpaired) electrons. The molecule has 1 fully saturated rings. The van der Waals surface area contributed by atoms with E-state index in [0.717, 1.165) is 5.56 Å². The third-order valence-electron chi connectivity index (χ3n) is 3.46. The summed E-state index contributed by atoms with van der Waals surface area (Å²) < 4.78 is 10.4. The third-order valence-corrected chi connectivity index (χ3v) is 3.46. The summed E-state index contributed by atoms with van der Waals surface area (Å²) in [6.07, 6.45) is 2.07. The Kier molecular flexibility index (Phi) is 3.88. The molecule has 3 rings (SSSR count). The van der Waals surface area contributed by atoms with Crippen molar-refractivity contribution in [1.82, 2.24) is 4.98 Å². The molecule has 1 aliphatic heterocycles. The van der Waals surface area contributed by atoms with Gasteiger partial charge in [-0.15, -0.1) is 0 Å². The van der Waals surface area contributed by atoms with Gasteiger partial charge in [0.05, 0.1) is 6.20 Å². The van der Waals surface area contributed by atoms with Gasteiger partial charge in [-0.1, -0.05) is 0 Å². The van der Waals surface area contributed by atoms with Crippen molar-refractivity contribution in [2.24, 2.45) is 0 Å². The van der Waals surface area contributed by atoms with Gasteiger partial charge in [-0.3, -0.25) is 4.79 Å². The monoisotopic (exact) mass is 302 g/mol. The van der Waals surface area contributed by atoms with Crippen LogP contribution in [0.1, 0.15) is 12.8 Å². The molecule has 1 aromatic carbocycles. The molecular weight excluding hydrogens is 288 g/mol. The van der Waals surface area contributed by atoms with Crippen LogP contribution in [0.15, 0.2) is 41.3 Å². The number of anilines is 1. The van der Waals surface area contributed by atoms with Gasteiger partial charge in [-0.25, -0.2) is 9.78 Å². The van der Waals surface area contributed by atoms with E-state index in [2.05, 4.69) is 10.3 Å². The number of amides is 1. The Hall–Kier alpha value is -2.67. The van der Waals surface area contributed by atoms with E-state index < -0.39 is 18.2 Å². The number of carbonyl (C=O) groups is 2. The number of nitrogens with one attached hydrogen (secondary N) is 1. The van der Waals surface area contributed by atoms with Crippen LogP contribution >= 0.6 is 0 Å². The lowest BCUT2D eigenvalue weighted by molar-refractivity contribution is -0.150. The van der Waals surface area contributed by atoms with Gasteiger partial charge in [0, 0.05) is 11.3 Å². The molecule has 1 aromatic heterocycles. The standard InChI is InChI=1S/C15H14N2O5/c18-14(11-5-6-12(22-11)15(19)20)17-10-3-1-9(2-4-10)13-7-16-8-21-13/h1-4,7-8,11-12H,5-6H2,(H,17,18)(H,19,20)/t11-,12+/m0/s1. The Morgan fingerprint density at radius 3 is 2.50 bits per heavy atom. The maximum atomic E-state index is 12.0. The lowest BCUT2D eigenvalue weighted by atomic mass is 10.1. The lowest BCUT2D eigenvalue weighted by Gasteiger charge is -2.12. The van der Waals surface area contributed by atoms with Crippen LogP contribution in [0.5, 0.6) is 0 Å². The lowest BCUT2D eigenvalue weighted by Crippen LogP contribution is -2.29. The minimum atomic E-state index is -1.04. The van der Waals surface area contributed by atoms with Crippen LogP contribution in [-0.4, -0.2) is 34.2 Å². The summed E-state index contributed by atoms with van der Waals surface area (Å²) in [7, 11) is 0. The van der Waals surface area contributed by atoms with Crippen molar-refractivity contribution in [2.75, 3.05) is 5.32 Å². The summed E-state index contributed by atoms with van der Waals surface area (Å²) >= 11 is 0. The van der Waals surface area contributed by atoms with Crippen molar-refractivity contribution in [1.29, 1.82) is 0 Å². The van der Waals surface area contributed by atoms with E-state index in [1.807, 2.05) is 0 Å². The predicted molar refractivity (Wildman–Crippen MR) is 76.1 cm³/mol. The minimum absolute atomic E-state index is 0.337. The van der Waals surface area contributed by atoms with Crippen molar-refractivity contribution >= 4 is 17.6 Å². The normalized spacial score (nSPS) is 20.7. The first-order chi connectivity index (χ1) is 10.6. The van der Waals surface area contributed by atoms with Crippen molar-refractivity contribution in [3.8, 4) is 11.3 Å². The van der Waals surface area contributed by atoms with Gasteiger partial charge < -0.3 is 19.6 Å². The van der Waals surface area contributed by atoms with Gasteiger partial charge in [0.2, 0.25) is 0 Å². The summed E-state index contributed by atoms with van der Waals surface area (Å²) in [5.74, 6) is -0.732. The highest BCUT2D eigenvalue weighted by Gasteiger charge is 2.34. The van der Waals surface area contributed by atoms with Crippen molar-refractivity contribution < 1.29 is 23.8 Å². The average molecular weight is 302 g/mol. The zero-order valence-electron chi connectivity index (χ0n) is 11.6. The number of aliphatic carboxylic acids is 1. The van der Waals surface area contributed by atoms with E-state index in [0.29, 0.717) is 24.3 Å². The van der Waals surface area contributed by atoms with E-state index in [9.17, 15) is 9.59 Å². The molecule has 2 atom stereocenters. The Morgan fingerprint density at radius 1 is 1.18 bits per heavy atom. The smallest absolute Gasteiger partial charge is 0.332 e. The number of hydrogen-bond acceptors (Lipinski definition) is 5. The van der Waals surface area contributed by atoms with Crippen molar-refractivity contribution in [2.45, 2.75) is 25.0 Å². The first-order valence-corrected chi connectivity index (χ1v) is 6.81. The number of oxazole rings is 1. The van der Waals surface area contributed by atoms with Crippen LogP contribution in [0, 0.1) is 0 Å². The first kappa shape index (κ1) is 14.3. The number of hydrogen-bond donors (Lipinski definition) is 2. The second-order valence-electron chi connectivity index (χ2n) is 4.96. The highest BCUT2D eigenvalue weighted by atomic mass is 16.5. The molecule has 1 amide bonds. The number of carbonyl (C=O) groups excluding carboxylic acids is 1. The Labute approximate surface area is 125 Å². The van der Waals surface area contributed by atoms with Crippen LogP contribution in [0.25, 0.3) is 11.3 Å². The number of benzene rings is 1. The van der Waals surface area contributed by atoms with E-state index in [-0.39, 0.29) is 5.91 Å². The Bertz CT molecular complexity index is 666. The van der Waals surface area contributed by atoms with E-state index >= 15 is 0 Å². The second-order valence-corrected chi connectivity index (χ2v) is 4.96. The van der Waals surface area contributed by atoms with Crippen LogP contribution in [0.4, 0.5) is 5.69 Å². The van der Waals surface area contributed by atoms with Gasteiger partial charge in [0.1, 0.15) is 6.10 Å². The molecule has 0 saturated carbocycles. The van der Waals surface area contributed by atoms with Crippen molar-refractivity contribution in [3.05, 3.63) is 36.9 Å². The number of carboxylic acids is 1. The van der Waals surface area contributed by atoms with Gasteiger partial charge in [0.15, 0.2) is 18.3 Å². The molecular formula is C15H14N2O5. The topological polar surface area (TPSA) is 102 Å².